The first-order valence-corrected chi connectivity index (χ1v) is 10.4. The molecular formula is C25H22N4O3. The summed E-state index contributed by atoms with van der Waals surface area (Å²) in [5, 5.41) is 9.67. The summed E-state index contributed by atoms with van der Waals surface area (Å²) in [5.41, 5.74) is 4.92. The molecule has 0 fully saturated rings. The Morgan fingerprint density at radius 3 is 2.50 bits per heavy atom. The lowest BCUT2D eigenvalue weighted by Crippen LogP contribution is -2.37. The molecule has 0 saturated heterocycles. The summed E-state index contributed by atoms with van der Waals surface area (Å²) >= 11 is 0. The predicted octanol–water partition coefficient (Wildman–Crippen LogP) is 3.01. The Kier molecular flexibility index (Phi) is 4.61. The maximum absolute atomic E-state index is 13.4. The topological polar surface area (TPSA) is 81.9 Å². The molecule has 0 spiro atoms. The molecule has 5 rings (SSSR count). The Labute approximate surface area is 184 Å². The number of hydrogen-bond acceptors (Lipinski definition) is 4. The molecular weight excluding hydrogens is 404 g/mol. The monoisotopic (exact) mass is 426 g/mol. The Bertz CT molecular complexity index is 1530. The second-order valence-electron chi connectivity index (χ2n) is 8.17. The molecule has 2 aromatic heterocycles. The van der Waals surface area contributed by atoms with Gasteiger partial charge in [-0.2, -0.15) is 5.26 Å². The number of rotatable bonds is 2. The van der Waals surface area contributed by atoms with Crippen LogP contribution in [0.5, 0.6) is 0 Å². The van der Waals surface area contributed by atoms with E-state index in [9.17, 15) is 9.59 Å². The third kappa shape index (κ3) is 2.84. The van der Waals surface area contributed by atoms with E-state index in [0.29, 0.717) is 29.6 Å². The molecule has 0 saturated carbocycles. The van der Waals surface area contributed by atoms with Crippen molar-refractivity contribution in [3.8, 4) is 17.3 Å². The molecule has 160 valence electrons. The minimum absolute atomic E-state index is 0.319. The number of nitrogens with zero attached hydrogens (tertiary/aromatic N) is 4. The fourth-order valence-corrected chi connectivity index (χ4v) is 4.66. The number of aryl methyl sites for hydroxylation is 2. The van der Waals surface area contributed by atoms with Crippen molar-refractivity contribution in [3.05, 3.63) is 91.8 Å². The van der Waals surface area contributed by atoms with Crippen LogP contribution in [0.25, 0.3) is 22.2 Å². The zero-order valence-electron chi connectivity index (χ0n) is 18.1. The molecule has 4 aromatic rings. The summed E-state index contributed by atoms with van der Waals surface area (Å²) in [7, 11) is 3.20. The van der Waals surface area contributed by atoms with Crippen LogP contribution in [0.3, 0.4) is 0 Å². The van der Waals surface area contributed by atoms with Crippen LogP contribution in [0.15, 0.2) is 58.1 Å². The third-order valence-electron chi connectivity index (χ3n) is 6.19. The summed E-state index contributed by atoms with van der Waals surface area (Å²) in [4.78, 5) is 26.2. The van der Waals surface area contributed by atoms with Gasteiger partial charge in [-0.05, 0) is 36.2 Å². The van der Waals surface area contributed by atoms with Crippen molar-refractivity contribution in [1.82, 2.24) is 13.7 Å². The molecule has 1 aliphatic rings. The van der Waals surface area contributed by atoms with E-state index in [4.69, 9.17) is 10.00 Å². The Morgan fingerprint density at radius 2 is 1.81 bits per heavy atom. The molecule has 32 heavy (non-hydrogen) atoms. The van der Waals surface area contributed by atoms with Crippen LogP contribution < -0.4 is 11.2 Å². The lowest BCUT2D eigenvalue weighted by molar-refractivity contribution is 0.0478. The minimum atomic E-state index is -0.463. The Hall–Kier alpha value is -3.89. The predicted molar refractivity (Wildman–Crippen MR) is 122 cm³/mol. The molecule has 2 aromatic carbocycles. The van der Waals surface area contributed by atoms with Crippen LogP contribution in [0.1, 0.15) is 28.5 Å². The molecule has 0 amide bonds. The van der Waals surface area contributed by atoms with E-state index < -0.39 is 6.10 Å². The van der Waals surface area contributed by atoms with Gasteiger partial charge in [0.2, 0.25) is 0 Å². The summed E-state index contributed by atoms with van der Waals surface area (Å²) in [6, 6.07) is 17.4. The van der Waals surface area contributed by atoms with Crippen molar-refractivity contribution < 1.29 is 4.74 Å². The van der Waals surface area contributed by atoms with Crippen LogP contribution in [0, 0.1) is 18.3 Å². The normalized spacial score (nSPS) is 15.5. The standard InChI is InChI=1S/C25H22N4O3/c1-15-5-4-6-18(13-15)20-19-21(27(2)25(31)28(3)24(19)30)22-23(32-12-11-29(20)22)17-9-7-16(14-26)8-10-17/h4-10,13,23H,11-12H2,1-3H3/t23-/m1/s1. The SMILES string of the molecule is Cc1cccc(-c2c3c(=O)n(C)c(=O)n(C)c3c3n2CCO[C@@H]3c2ccc(C#N)cc2)c1. The van der Waals surface area contributed by atoms with Crippen molar-refractivity contribution >= 4 is 10.9 Å². The minimum Gasteiger partial charge on any atom is -0.365 e. The van der Waals surface area contributed by atoms with E-state index in [1.807, 2.05) is 37.3 Å². The first-order chi connectivity index (χ1) is 15.4. The molecule has 7 heteroatoms. The smallest absolute Gasteiger partial charge is 0.331 e. The molecule has 7 nitrogen and oxygen atoms in total. The van der Waals surface area contributed by atoms with E-state index >= 15 is 0 Å². The van der Waals surface area contributed by atoms with E-state index in [2.05, 4.69) is 16.7 Å². The maximum atomic E-state index is 13.4. The zero-order chi connectivity index (χ0) is 22.6. The second-order valence-corrected chi connectivity index (χ2v) is 8.17. The van der Waals surface area contributed by atoms with Gasteiger partial charge in [-0.1, -0.05) is 35.9 Å². The maximum Gasteiger partial charge on any atom is 0.331 e. The number of fused-ring (bicyclic) bond motifs is 3. The van der Waals surface area contributed by atoms with Crippen molar-refractivity contribution in [2.24, 2.45) is 14.1 Å². The summed E-state index contributed by atoms with van der Waals surface area (Å²) < 4.78 is 11.0. The van der Waals surface area contributed by atoms with E-state index in [0.717, 1.165) is 32.6 Å². The quantitative estimate of drug-likeness (QED) is 0.493. The average molecular weight is 426 g/mol. The number of ether oxygens (including phenoxy) is 1. The highest BCUT2D eigenvalue weighted by Gasteiger charge is 2.33. The third-order valence-corrected chi connectivity index (χ3v) is 6.19. The van der Waals surface area contributed by atoms with Gasteiger partial charge in [-0.25, -0.2) is 4.79 Å². The Morgan fingerprint density at radius 1 is 1.06 bits per heavy atom. The van der Waals surface area contributed by atoms with E-state index in [1.165, 1.54) is 11.6 Å². The van der Waals surface area contributed by atoms with Crippen LogP contribution in [0.4, 0.5) is 0 Å². The van der Waals surface area contributed by atoms with Gasteiger partial charge in [0.05, 0.1) is 40.5 Å². The number of nitriles is 1. The average Bonchev–Trinajstić information content (AvgIpc) is 3.17. The van der Waals surface area contributed by atoms with Gasteiger partial charge in [0.25, 0.3) is 5.56 Å². The van der Waals surface area contributed by atoms with Gasteiger partial charge < -0.3 is 9.30 Å². The molecule has 1 atom stereocenters. The highest BCUT2D eigenvalue weighted by Crippen LogP contribution is 2.40. The number of hydrogen-bond donors (Lipinski definition) is 0. The molecule has 0 aliphatic carbocycles. The molecule has 0 unspecified atom stereocenters. The van der Waals surface area contributed by atoms with Gasteiger partial charge in [0, 0.05) is 20.6 Å². The summed E-state index contributed by atoms with van der Waals surface area (Å²) in [5.74, 6) is 0. The van der Waals surface area contributed by atoms with E-state index in [1.54, 1.807) is 19.2 Å². The van der Waals surface area contributed by atoms with Crippen molar-refractivity contribution in [3.63, 3.8) is 0 Å². The first-order valence-electron chi connectivity index (χ1n) is 10.4. The highest BCUT2D eigenvalue weighted by molar-refractivity contribution is 5.96. The van der Waals surface area contributed by atoms with Crippen molar-refractivity contribution in [2.75, 3.05) is 6.61 Å². The fraction of sp³-hybridized carbons (Fsp3) is 0.240. The summed E-state index contributed by atoms with van der Waals surface area (Å²) in [6.45, 7) is 3.05. The largest absolute Gasteiger partial charge is 0.365 e. The van der Waals surface area contributed by atoms with Gasteiger partial charge in [0.1, 0.15) is 6.10 Å². The lowest BCUT2D eigenvalue weighted by atomic mass is 10.0. The first kappa shape index (κ1) is 20.0. The summed E-state index contributed by atoms with van der Waals surface area (Å²) in [6.07, 6.45) is -0.463. The van der Waals surface area contributed by atoms with Crippen LogP contribution in [0.2, 0.25) is 0 Å². The zero-order valence-corrected chi connectivity index (χ0v) is 18.1. The van der Waals surface area contributed by atoms with Crippen LogP contribution >= 0.6 is 0 Å². The molecule has 0 N–H and O–H groups in total. The van der Waals surface area contributed by atoms with E-state index in [-0.39, 0.29) is 11.2 Å². The molecule has 1 aliphatic heterocycles. The Balaban J connectivity index is 1.92. The van der Waals surface area contributed by atoms with Crippen molar-refractivity contribution in [2.45, 2.75) is 19.6 Å². The highest BCUT2D eigenvalue weighted by atomic mass is 16.5. The van der Waals surface area contributed by atoms with Crippen molar-refractivity contribution in [1.29, 1.82) is 5.26 Å². The lowest BCUT2D eigenvalue weighted by Gasteiger charge is -2.27. The molecule has 0 radical (unpaired) electrons. The number of benzene rings is 2. The molecule has 3 heterocycles. The number of aromatic nitrogens is 3. The molecule has 0 bridgehead atoms. The van der Waals surface area contributed by atoms with Gasteiger partial charge >= 0.3 is 5.69 Å². The van der Waals surface area contributed by atoms with Crippen LogP contribution in [-0.2, 0) is 25.4 Å². The van der Waals surface area contributed by atoms with Crippen LogP contribution in [-0.4, -0.2) is 20.3 Å². The van der Waals surface area contributed by atoms with Gasteiger partial charge in [-0.3, -0.25) is 13.9 Å². The second kappa shape index (κ2) is 7.36. The fourth-order valence-electron chi connectivity index (χ4n) is 4.66. The van der Waals surface area contributed by atoms with Gasteiger partial charge in [0.15, 0.2) is 0 Å². The van der Waals surface area contributed by atoms with Gasteiger partial charge in [-0.15, -0.1) is 0 Å².